The molecule has 122 valence electrons. The molecule has 2 aliphatic rings. The van der Waals surface area contributed by atoms with Gasteiger partial charge < -0.3 is 15.5 Å². The number of aromatic nitrogens is 1. The normalized spacial score (nSPS) is 19.4. The van der Waals surface area contributed by atoms with Gasteiger partial charge in [0, 0.05) is 54.5 Å². The number of benzene rings is 1. The zero-order valence-corrected chi connectivity index (χ0v) is 13.7. The first-order valence-corrected chi connectivity index (χ1v) is 8.91. The molecule has 3 heterocycles. The van der Waals surface area contributed by atoms with Gasteiger partial charge in [0.15, 0.2) is 0 Å². The number of anilines is 1. The average molecular weight is 310 g/mol. The average Bonchev–Trinajstić information content (AvgIpc) is 2.61. The van der Waals surface area contributed by atoms with Crippen molar-refractivity contribution in [2.45, 2.75) is 31.7 Å². The molecular weight excluding hydrogens is 284 g/mol. The van der Waals surface area contributed by atoms with Gasteiger partial charge in [0.05, 0.1) is 0 Å². The minimum Gasteiger partial charge on any atom is -0.368 e. The van der Waals surface area contributed by atoms with Crippen molar-refractivity contribution >= 4 is 16.5 Å². The molecule has 2 aromatic rings. The van der Waals surface area contributed by atoms with Crippen LogP contribution in [0.25, 0.3) is 10.8 Å². The lowest BCUT2D eigenvalue weighted by atomic mass is 9.94. The zero-order chi connectivity index (χ0) is 15.6. The molecule has 1 saturated heterocycles. The monoisotopic (exact) mass is 310 g/mol. The number of hydrogen-bond acceptors (Lipinski definition) is 4. The van der Waals surface area contributed by atoms with E-state index in [0.29, 0.717) is 6.04 Å². The molecule has 23 heavy (non-hydrogen) atoms. The van der Waals surface area contributed by atoms with Crippen LogP contribution >= 0.6 is 0 Å². The smallest absolute Gasteiger partial charge is 0.0452 e. The minimum atomic E-state index is 0.677. The van der Waals surface area contributed by atoms with E-state index in [2.05, 4.69) is 39.2 Å². The van der Waals surface area contributed by atoms with Gasteiger partial charge in [0.1, 0.15) is 0 Å². The van der Waals surface area contributed by atoms with Crippen LogP contribution in [-0.2, 0) is 6.42 Å². The number of hydrogen-bond donors (Lipinski definition) is 1. The lowest BCUT2D eigenvalue weighted by molar-refractivity contribution is 0.208. The fourth-order valence-electron chi connectivity index (χ4n) is 4.23. The van der Waals surface area contributed by atoms with Gasteiger partial charge in [-0.2, -0.15) is 0 Å². The summed E-state index contributed by atoms with van der Waals surface area (Å²) in [4.78, 5) is 9.64. The molecular formula is C19H26N4. The Kier molecular flexibility index (Phi) is 4.19. The van der Waals surface area contributed by atoms with Gasteiger partial charge in [-0.3, -0.25) is 4.98 Å². The van der Waals surface area contributed by atoms with Crippen molar-refractivity contribution in [3.63, 3.8) is 0 Å². The Hall–Kier alpha value is -1.65. The van der Waals surface area contributed by atoms with E-state index >= 15 is 0 Å². The molecule has 2 N–H and O–H groups in total. The second-order valence-corrected chi connectivity index (χ2v) is 6.83. The number of nitrogens with zero attached hydrogens (tertiary/aromatic N) is 3. The van der Waals surface area contributed by atoms with Crippen molar-refractivity contribution in [2.24, 2.45) is 5.73 Å². The second-order valence-electron chi connectivity index (χ2n) is 6.83. The highest BCUT2D eigenvalue weighted by atomic mass is 15.2. The highest BCUT2D eigenvalue weighted by molar-refractivity contribution is 5.97. The van der Waals surface area contributed by atoms with Crippen LogP contribution in [0, 0.1) is 0 Å². The van der Waals surface area contributed by atoms with Crippen molar-refractivity contribution in [2.75, 3.05) is 37.6 Å². The van der Waals surface area contributed by atoms with Gasteiger partial charge in [0.2, 0.25) is 0 Å². The van der Waals surface area contributed by atoms with Crippen molar-refractivity contribution < 1.29 is 0 Å². The van der Waals surface area contributed by atoms with Crippen LogP contribution in [0.1, 0.15) is 24.8 Å². The molecule has 0 atom stereocenters. The van der Waals surface area contributed by atoms with Gasteiger partial charge in [-0.1, -0.05) is 12.1 Å². The number of likely N-dealkylation sites (tertiary alicyclic amines) is 1. The molecule has 4 rings (SSSR count). The van der Waals surface area contributed by atoms with E-state index in [-0.39, 0.29) is 0 Å². The highest BCUT2D eigenvalue weighted by Crippen LogP contribution is 2.36. The first-order valence-electron chi connectivity index (χ1n) is 8.91. The Balaban J connectivity index is 1.54. The standard InChI is InChI=1S/C19H26N4/c20-8-2-9-22-10-6-17(7-11-22)23-12-5-16-14-21-13-15-3-1-4-18(23)19(15)16/h1,3-4,13-14,17H,2,5-12,20H2. The van der Waals surface area contributed by atoms with Gasteiger partial charge in [-0.15, -0.1) is 0 Å². The predicted octanol–water partition coefficient (Wildman–Crippen LogP) is 2.41. The summed E-state index contributed by atoms with van der Waals surface area (Å²) in [5.41, 5.74) is 8.47. The van der Waals surface area contributed by atoms with Crippen LogP contribution in [0.4, 0.5) is 5.69 Å². The Morgan fingerprint density at radius 1 is 1.13 bits per heavy atom. The van der Waals surface area contributed by atoms with Crippen LogP contribution < -0.4 is 10.6 Å². The van der Waals surface area contributed by atoms with Gasteiger partial charge in [0.25, 0.3) is 0 Å². The van der Waals surface area contributed by atoms with Crippen LogP contribution in [0.15, 0.2) is 30.6 Å². The van der Waals surface area contributed by atoms with Crippen LogP contribution in [0.5, 0.6) is 0 Å². The summed E-state index contributed by atoms with van der Waals surface area (Å²) in [5, 5.41) is 2.71. The third kappa shape index (κ3) is 2.81. The molecule has 0 radical (unpaired) electrons. The fourth-order valence-corrected chi connectivity index (χ4v) is 4.23. The van der Waals surface area contributed by atoms with E-state index < -0.39 is 0 Å². The third-order valence-electron chi connectivity index (χ3n) is 5.45. The fraction of sp³-hybridized carbons (Fsp3) is 0.526. The first kappa shape index (κ1) is 14.9. The Bertz CT molecular complexity index is 671. The summed E-state index contributed by atoms with van der Waals surface area (Å²) in [7, 11) is 0. The Labute approximate surface area is 138 Å². The van der Waals surface area contributed by atoms with Crippen LogP contribution in [-0.4, -0.2) is 48.6 Å². The van der Waals surface area contributed by atoms with E-state index in [1.54, 1.807) is 0 Å². The quantitative estimate of drug-likeness (QED) is 0.942. The topological polar surface area (TPSA) is 45.4 Å². The summed E-state index contributed by atoms with van der Waals surface area (Å²) >= 11 is 0. The van der Waals surface area contributed by atoms with Crippen molar-refractivity contribution in [1.29, 1.82) is 0 Å². The highest BCUT2D eigenvalue weighted by Gasteiger charge is 2.28. The van der Waals surface area contributed by atoms with Gasteiger partial charge in [-0.25, -0.2) is 0 Å². The molecule has 0 amide bonds. The van der Waals surface area contributed by atoms with E-state index in [1.165, 1.54) is 48.0 Å². The molecule has 4 heteroatoms. The molecule has 0 saturated carbocycles. The van der Waals surface area contributed by atoms with Crippen molar-refractivity contribution in [3.05, 3.63) is 36.2 Å². The first-order chi connectivity index (χ1) is 11.4. The summed E-state index contributed by atoms with van der Waals surface area (Å²) in [5.74, 6) is 0. The number of rotatable bonds is 4. The second kappa shape index (κ2) is 6.46. The Morgan fingerprint density at radius 3 is 2.83 bits per heavy atom. The van der Waals surface area contributed by atoms with Crippen LogP contribution in [0.2, 0.25) is 0 Å². The molecule has 0 unspecified atom stereocenters. The Morgan fingerprint density at radius 2 is 2.00 bits per heavy atom. The lowest BCUT2D eigenvalue weighted by Crippen LogP contribution is -2.47. The molecule has 0 spiro atoms. The molecule has 2 aliphatic heterocycles. The molecule has 1 aromatic carbocycles. The lowest BCUT2D eigenvalue weighted by Gasteiger charge is -2.42. The van der Waals surface area contributed by atoms with Gasteiger partial charge in [-0.05, 0) is 50.4 Å². The SMILES string of the molecule is NCCCN1CCC(N2CCc3cncc4cccc2c34)CC1. The molecule has 4 nitrogen and oxygen atoms in total. The molecule has 1 fully saturated rings. The van der Waals surface area contributed by atoms with E-state index in [9.17, 15) is 0 Å². The molecule has 0 aliphatic carbocycles. The van der Waals surface area contributed by atoms with E-state index in [4.69, 9.17) is 5.73 Å². The number of nitrogens with two attached hydrogens (primary N) is 1. The summed E-state index contributed by atoms with van der Waals surface area (Å²) < 4.78 is 0. The maximum Gasteiger partial charge on any atom is 0.0452 e. The summed E-state index contributed by atoms with van der Waals surface area (Å²) in [6, 6.07) is 7.34. The summed E-state index contributed by atoms with van der Waals surface area (Å²) in [6.07, 6.45) is 8.82. The van der Waals surface area contributed by atoms with E-state index in [0.717, 1.165) is 32.5 Å². The molecule has 1 aromatic heterocycles. The van der Waals surface area contributed by atoms with Gasteiger partial charge >= 0.3 is 0 Å². The number of piperidine rings is 1. The van der Waals surface area contributed by atoms with E-state index in [1.807, 2.05) is 6.20 Å². The van der Waals surface area contributed by atoms with Crippen molar-refractivity contribution in [3.8, 4) is 0 Å². The number of pyridine rings is 1. The predicted molar refractivity (Wildman–Crippen MR) is 95.9 cm³/mol. The largest absolute Gasteiger partial charge is 0.368 e. The van der Waals surface area contributed by atoms with Crippen molar-refractivity contribution in [1.82, 2.24) is 9.88 Å². The minimum absolute atomic E-state index is 0.677. The summed E-state index contributed by atoms with van der Waals surface area (Å²) in [6.45, 7) is 5.51. The third-order valence-corrected chi connectivity index (χ3v) is 5.45. The zero-order valence-electron chi connectivity index (χ0n) is 13.7. The maximum absolute atomic E-state index is 5.64. The molecule has 0 bridgehead atoms. The maximum atomic E-state index is 5.64. The van der Waals surface area contributed by atoms with Crippen LogP contribution in [0.3, 0.4) is 0 Å².